The quantitative estimate of drug-likeness (QED) is 0.517. The molecule has 0 saturated heterocycles. The van der Waals surface area contributed by atoms with E-state index in [4.69, 9.17) is 14.2 Å². The summed E-state index contributed by atoms with van der Waals surface area (Å²) in [5.41, 5.74) is 1.15. The van der Waals surface area contributed by atoms with E-state index < -0.39 is 0 Å². The summed E-state index contributed by atoms with van der Waals surface area (Å²) in [5, 5.41) is 0. The molecule has 0 fully saturated rings. The monoisotopic (exact) mass is 334 g/mol. The fourth-order valence-corrected chi connectivity index (χ4v) is 2.30. The van der Waals surface area contributed by atoms with Gasteiger partial charge in [0.15, 0.2) is 0 Å². The van der Waals surface area contributed by atoms with Crippen molar-refractivity contribution in [2.24, 2.45) is 0 Å². The highest BCUT2D eigenvalue weighted by atomic mass is 16.5. The molecule has 0 heterocycles. The summed E-state index contributed by atoms with van der Waals surface area (Å²) < 4.78 is 17.2. The van der Waals surface area contributed by atoms with Crippen molar-refractivity contribution in [3.63, 3.8) is 0 Å². The van der Waals surface area contributed by atoms with Crippen molar-refractivity contribution >= 4 is 0 Å². The van der Waals surface area contributed by atoms with Crippen molar-refractivity contribution in [3.05, 3.63) is 84.4 Å². The molecule has 0 N–H and O–H groups in total. The Morgan fingerprint density at radius 2 is 1.12 bits per heavy atom. The maximum absolute atomic E-state index is 5.84. The average Bonchev–Trinajstić information content (AvgIpc) is 2.68. The summed E-state index contributed by atoms with van der Waals surface area (Å²) >= 11 is 0. The molecule has 0 bridgehead atoms. The van der Waals surface area contributed by atoms with Crippen LogP contribution in [-0.4, -0.2) is 6.61 Å². The van der Waals surface area contributed by atoms with E-state index in [1.807, 2.05) is 78.9 Å². The van der Waals surface area contributed by atoms with E-state index >= 15 is 0 Å². The van der Waals surface area contributed by atoms with E-state index in [-0.39, 0.29) is 0 Å². The molecule has 0 aromatic heterocycles. The molecule has 3 aromatic rings. The van der Waals surface area contributed by atoms with Crippen LogP contribution in [0.25, 0.3) is 0 Å². The average molecular weight is 334 g/mol. The van der Waals surface area contributed by atoms with Gasteiger partial charge in [-0.1, -0.05) is 37.3 Å². The SMILES string of the molecule is CCCOc1ccc(Oc2ccc(OCc3ccccc3)cc2)cc1. The summed E-state index contributed by atoms with van der Waals surface area (Å²) in [5.74, 6) is 3.23. The Bertz CT molecular complexity index is 750. The zero-order valence-corrected chi connectivity index (χ0v) is 14.4. The molecule has 0 saturated carbocycles. The lowest BCUT2D eigenvalue weighted by atomic mass is 10.2. The zero-order chi connectivity index (χ0) is 17.3. The van der Waals surface area contributed by atoms with Gasteiger partial charge < -0.3 is 14.2 Å². The summed E-state index contributed by atoms with van der Waals surface area (Å²) in [6, 6.07) is 25.4. The largest absolute Gasteiger partial charge is 0.494 e. The van der Waals surface area contributed by atoms with E-state index in [0.717, 1.165) is 41.6 Å². The van der Waals surface area contributed by atoms with E-state index in [1.54, 1.807) is 0 Å². The van der Waals surface area contributed by atoms with Crippen LogP contribution in [0.5, 0.6) is 23.0 Å². The van der Waals surface area contributed by atoms with Crippen molar-refractivity contribution in [2.45, 2.75) is 20.0 Å². The van der Waals surface area contributed by atoms with Crippen LogP contribution in [0.2, 0.25) is 0 Å². The van der Waals surface area contributed by atoms with Crippen LogP contribution in [0.3, 0.4) is 0 Å². The molecule has 0 unspecified atom stereocenters. The van der Waals surface area contributed by atoms with Gasteiger partial charge in [-0.15, -0.1) is 0 Å². The lowest BCUT2D eigenvalue weighted by Crippen LogP contribution is -1.95. The third-order valence-electron chi connectivity index (χ3n) is 3.60. The minimum absolute atomic E-state index is 0.556. The molecule has 0 aliphatic heterocycles. The summed E-state index contributed by atoms with van der Waals surface area (Å²) in [7, 11) is 0. The Morgan fingerprint density at radius 3 is 1.68 bits per heavy atom. The maximum atomic E-state index is 5.84. The van der Waals surface area contributed by atoms with Gasteiger partial charge in [-0.25, -0.2) is 0 Å². The minimum Gasteiger partial charge on any atom is -0.494 e. The van der Waals surface area contributed by atoms with Gasteiger partial charge in [0, 0.05) is 0 Å². The van der Waals surface area contributed by atoms with Crippen molar-refractivity contribution in [1.82, 2.24) is 0 Å². The van der Waals surface area contributed by atoms with Gasteiger partial charge in [0.25, 0.3) is 0 Å². The zero-order valence-electron chi connectivity index (χ0n) is 14.4. The molecule has 0 aliphatic rings. The molecule has 0 spiro atoms. The van der Waals surface area contributed by atoms with Crippen LogP contribution in [0, 0.1) is 0 Å². The van der Waals surface area contributed by atoms with Gasteiger partial charge in [0.1, 0.15) is 29.6 Å². The number of rotatable bonds is 8. The van der Waals surface area contributed by atoms with E-state index in [2.05, 4.69) is 6.92 Å². The number of ether oxygens (including phenoxy) is 3. The Labute approximate surface area is 148 Å². The van der Waals surface area contributed by atoms with Crippen LogP contribution >= 0.6 is 0 Å². The summed E-state index contributed by atoms with van der Waals surface area (Å²) in [4.78, 5) is 0. The molecule has 128 valence electrons. The standard InChI is InChI=1S/C22H22O3/c1-2-16-23-19-8-12-21(13-9-19)25-22-14-10-20(11-15-22)24-17-18-6-4-3-5-7-18/h3-15H,2,16-17H2,1H3. The maximum Gasteiger partial charge on any atom is 0.127 e. The Kier molecular flexibility index (Phi) is 5.94. The minimum atomic E-state index is 0.556. The predicted molar refractivity (Wildman–Crippen MR) is 99.5 cm³/mol. The molecule has 3 nitrogen and oxygen atoms in total. The van der Waals surface area contributed by atoms with E-state index in [9.17, 15) is 0 Å². The predicted octanol–water partition coefficient (Wildman–Crippen LogP) is 5.85. The molecule has 0 amide bonds. The van der Waals surface area contributed by atoms with Crippen LogP contribution < -0.4 is 14.2 Å². The highest BCUT2D eigenvalue weighted by molar-refractivity contribution is 5.37. The van der Waals surface area contributed by atoms with E-state index in [0.29, 0.717) is 6.61 Å². The van der Waals surface area contributed by atoms with E-state index in [1.165, 1.54) is 0 Å². The second kappa shape index (κ2) is 8.78. The van der Waals surface area contributed by atoms with Crippen LogP contribution in [0.4, 0.5) is 0 Å². The van der Waals surface area contributed by atoms with Crippen LogP contribution in [0.1, 0.15) is 18.9 Å². The second-order valence-electron chi connectivity index (χ2n) is 5.67. The first kappa shape index (κ1) is 16.9. The first-order valence-electron chi connectivity index (χ1n) is 8.51. The molecule has 0 radical (unpaired) electrons. The normalized spacial score (nSPS) is 10.3. The third-order valence-corrected chi connectivity index (χ3v) is 3.60. The topological polar surface area (TPSA) is 27.7 Å². The van der Waals surface area contributed by atoms with Gasteiger partial charge in [-0.2, -0.15) is 0 Å². The molecular formula is C22H22O3. The highest BCUT2D eigenvalue weighted by Gasteiger charge is 2.01. The second-order valence-corrected chi connectivity index (χ2v) is 5.67. The smallest absolute Gasteiger partial charge is 0.127 e. The van der Waals surface area contributed by atoms with Crippen molar-refractivity contribution in [1.29, 1.82) is 0 Å². The van der Waals surface area contributed by atoms with Gasteiger partial charge in [-0.05, 0) is 60.5 Å². The lowest BCUT2D eigenvalue weighted by molar-refractivity contribution is 0.306. The molecule has 25 heavy (non-hydrogen) atoms. The van der Waals surface area contributed by atoms with Crippen LogP contribution in [0.15, 0.2) is 78.9 Å². The first-order valence-corrected chi connectivity index (χ1v) is 8.51. The number of benzene rings is 3. The molecule has 0 aliphatic carbocycles. The number of hydrogen-bond donors (Lipinski definition) is 0. The third kappa shape index (κ3) is 5.28. The summed E-state index contributed by atoms with van der Waals surface area (Å²) in [6.07, 6.45) is 0.997. The number of hydrogen-bond acceptors (Lipinski definition) is 3. The van der Waals surface area contributed by atoms with Gasteiger partial charge in [0.2, 0.25) is 0 Å². The Balaban J connectivity index is 1.53. The molecule has 0 atom stereocenters. The van der Waals surface area contributed by atoms with Crippen molar-refractivity contribution in [3.8, 4) is 23.0 Å². The molecule has 3 rings (SSSR count). The van der Waals surface area contributed by atoms with Crippen molar-refractivity contribution < 1.29 is 14.2 Å². The first-order chi connectivity index (χ1) is 12.3. The van der Waals surface area contributed by atoms with Gasteiger partial charge >= 0.3 is 0 Å². The van der Waals surface area contributed by atoms with Crippen molar-refractivity contribution in [2.75, 3.05) is 6.61 Å². The molecular weight excluding hydrogens is 312 g/mol. The highest BCUT2D eigenvalue weighted by Crippen LogP contribution is 2.26. The van der Waals surface area contributed by atoms with Crippen LogP contribution in [-0.2, 0) is 6.61 Å². The molecule has 3 heteroatoms. The Hall–Kier alpha value is -2.94. The lowest BCUT2D eigenvalue weighted by Gasteiger charge is -2.09. The fraction of sp³-hybridized carbons (Fsp3) is 0.182. The fourth-order valence-electron chi connectivity index (χ4n) is 2.30. The van der Waals surface area contributed by atoms with Gasteiger partial charge in [0.05, 0.1) is 6.61 Å². The molecule has 3 aromatic carbocycles. The van der Waals surface area contributed by atoms with Gasteiger partial charge in [-0.3, -0.25) is 0 Å². The Morgan fingerprint density at radius 1 is 0.600 bits per heavy atom. The summed E-state index contributed by atoms with van der Waals surface area (Å²) in [6.45, 7) is 3.37.